The van der Waals surface area contributed by atoms with Crippen LogP contribution in [-0.4, -0.2) is 49.3 Å². The Labute approximate surface area is 535 Å². The van der Waals surface area contributed by atoms with Crippen molar-refractivity contribution >= 4 is 19.8 Å². The Kier molecular flexibility index (Phi) is 68.1. The summed E-state index contributed by atoms with van der Waals surface area (Å²) in [5, 5.41) is 0. The summed E-state index contributed by atoms with van der Waals surface area (Å²) < 4.78 is 33.2. The van der Waals surface area contributed by atoms with E-state index in [2.05, 4.69) is 148 Å². The molecule has 0 heterocycles. The fourth-order valence-electron chi connectivity index (χ4n) is 9.85. The third-order valence-electron chi connectivity index (χ3n) is 15.0. The Morgan fingerprint density at radius 1 is 0.345 bits per heavy atom. The molecule has 3 N–H and O–H groups in total. The van der Waals surface area contributed by atoms with Crippen molar-refractivity contribution in [2.75, 3.05) is 26.4 Å². The highest BCUT2D eigenvalue weighted by molar-refractivity contribution is 7.47. The molecule has 0 saturated heterocycles. The first-order chi connectivity index (χ1) is 42.8. The standard InChI is InChI=1S/C77H132NO8P/c1-3-5-7-9-11-13-15-17-19-21-23-25-27-29-30-31-32-33-34-35-36-37-38-39-40-41-42-43-44-46-48-50-52-54-56-58-60-62-64-66-68-70-77(80)86-75(74-85-87(81,82)84-72-71-78)73-83-76(79)69-67-65-63-61-59-57-55-53-51-49-47-45-28-26-24-22-20-18-16-14-12-10-8-6-4-2/h5-8,11-14,17-20,23-26,29-30,32-33,45,47,75H,3-4,9-10,15-16,21-22,27-28,31,34-44,46,48-74,78H2,1-2H3,(H,81,82)/b7-5-,8-6-,13-11-,14-12-,19-17-,20-18-,25-23-,26-24-,30-29-,33-32-,47-45-. The molecule has 0 rings (SSSR count). The van der Waals surface area contributed by atoms with Crippen LogP contribution in [0.15, 0.2) is 134 Å². The Hall–Kier alpha value is -3.85. The second kappa shape index (κ2) is 71.2. The number of phosphoric ester groups is 1. The predicted octanol–water partition coefficient (Wildman–Crippen LogP) is 23.6. The van der Waals surface area contributed by atoms with Crippen molar-refractivity contribution in [1.82, 2.24) is 0 Å². The molecule has 0 radical (unpaired) electrons. The van der Waals surface area contributed by atoms with Gasteiger partial charge >= 0.3 is 19.8 Å². The molecular formula is C77H132NO8P. The largest absolute Gasteiger partial charge is 0.472 e. The minimum atomic E-state index is -4.40. The minimum absolute atomic E-state index is 0.0488. The molecule has 0 bridgehead atoms. The van der Waals surface area contributed by atoms with E-state index in [4.69, 9.17) is 24.3 Å². The van der Waals surface area contributed by atoms with Crippen molar-refractivity contribution in [3.63, 3.8) is 0 Å². The van der Waals surface area contributed by atoms with Crippen molar-refractivity contribution in [2.45, 2.75) is 315 Å². The Balaban J connectivity index is 3.84. The van der Waals surface area contributed by atoms with Gasteiger partial charge in [0.15, 0.2) is 6.10 Å². The van der Waals surface area contributed by atoms with E-state index >= 15 is 0 Å². The number of phosphoric acid groups is 1. The average Bonchev–Trinajstić information content (AvgIpc) is 3.65. The van der Waals surface area contributed by atoms with Crippen LogP contribution in [0.3, 0.4) is 0 Å². The molecule has 0 fully saturated rings. The monoisotopic (exact) mass is 1230 g/mol. The summed E-state index contributed by atoms with van der Waals surface area (Å²) in [5.74, 6) is -0.829. The number of hydrogen-bond acceptors (Lipinski definition) is 8. The maximum Gasteiger partial charge on any atom is 0.472 e. The average molecular weight is 1230 g/mol. The second-order valence-electron chi connectivity index (χ2n) is 23.3. The molecule has 0 aromatic heterocycles. The number of unbranched alkanes of at least 4 members (excludes halogenated alkanes) is 31. The van der Waals surface area contributed by atoms with Gasteiger partial charge in [-0.15, -0.1) is 0 Å². The number of rotatable bonds is 66. The van der Waals surface area contributed by atoms with Crippen LogP contribution in [0.5, 0.6) is 0 Å². The van der Waals surface area contributed by atoms with Gasteiger partial charge in [-0.1, -0.05) is 321 Å². The summed E-state index contributed by atoms with van der Waals surface area (Å²) >= 11 is 0. The van der Waals surface area contributed by atoms with Gasteiger partial charge in [-0.05, 0) is 109 Å². The van der Waals surface area contributed by atoms with Crippen molar-refractivity contribution in [2.24, 2.45) is 5.73 Å². The maximum atomic E-state index is 12.8. The lowest BCUT2D eigenvalue weighted by Crippen LogP contribution is -2.29. The SMILES string of the molecule is CC/C=C\C/C=C\C/C=C\C/C=C\C/C=C\C/C=C\CCCCCCCCCCCCCCCCCCCCCCCCC(=O)OC(COC(=O)CCCCCCCCCCC/C=C\C/C=C\C/C=C\C/C=C\C/C=C\CC)COP(=O)(O)OCCN. The topological polar surface area (TPSA) is 134 Å². The molecule has 0 amide bonds. The summed E-state index contributed by atoms with van der Waals surface area (Å²) in [4.78, 5) is 35.4. The molecule has 0 spiro atoms. The van der Waals surface area contributed by atoms with Gasteiger partial charge in [0.25, 0.3) is 0 Å². The molecule has 0 saturated carbocycles. The normalized spacial score (nSPS) is 13.7. The fourth-order valence-corrected chi connectivity index (χ4v) is 10.6. The van der Waals surface area contributed by atoms with Crippen molar-refractivity contribution in [1.29, 1.82) is 0 Å². The van der Waals surface area contributed by atoms with Gasteiger partial charge in [-0.2, -0.15) is 0 Å². The Morgan fingerprint density at radius 3 is 0.885 bits per heavy atom. The molecule has 0 aliphatic carbocycles. The molecule has 2 unspecified atom stereocenters. The van der Waals surface area contributed by atoms with Crippen molar-refractivity contribution in [3.8, 4) is 0 Å². The highest BCUT2D eigenvalue weighted by atomic mass is 31.2. The number of ether oxygens (including phenoxy) is 2. The molecule has 9 nitrogen and oxygen atoms in total. The van der Waals surface area contributed by atoms with E-state index in [-0.39, 0.29) is 38.6 Å². The van der Waals surface area contributed by atoms with Crippen LogP contribution in [0.4, 0.5) is 0 Å². The van der Waals surface area contributed by atoms with Crippen LogP contribution in [0.2, 0.25) is 0 Å². The van der Waals surface area contributed by atoms with Gasteiger partial charge in [0.1, 0.15) is 6.61 Å². The first-order valence-corrected chi connectivity index (χ1v) is 37.2. The van der Waals surface area contributed by atoms with Crippen LogP contribution in [0, 0.1) is 0 Å². The zero-order valence-electron chi connectivity index (χ0n) is 56.0. The van der Waals surface area contributed by atoms with E-state index in [0.717, 1.165) is 122 Å². The quantitative estimate of drug-likeness (QED) is 0.0264. The van der Waals surface area contributed by atoms with E-state index in [1.807, 2.05) is 0 Å². The van der Waals surface area contributed by atoms with Gasteiger partial charge in [0, 0.05) is 19.4 Å². The van der Waals surface area contributed by atoms with Crippen LogP contribution in [0.25, 0.3) is 0 Å². The van der Waals surface area contributed by atoms with Crippen molar-refractivity contribution < 1.29 is 37.6 Å². The molecule has 0 aromatic rings. The van der Waals surface area contributed by atoms with E-state index in [1.165, 1.54) is 154 Å². The zero-order valence-corrected chi connectivity index (χ0v) is 56.9. The lowest BCUT2D eigenvalue weighted by atomic mass is 10.0. The van der Waals surface area contributed by atoms with Crippen LogP contribution in [-0.2, 0) is 32.7 Å². The van der Waals surface area contributed by atoms with Gasteiger partial charge < -0.3 is 20.1 Å². The fraction of sp³-hybridized carbons (Fsp3) is 0.688. The predicted molar refractivity (Wildman–Crippen MR) is 376 cm³/mol. The third-order valence-corrected chi connectivity index (χ3v) is 16.0. The number of carbonyl (C=O) groups excluding carboxylic acids is 2. The van der Waals surface area contributed by atoms with Crippen LogP contribution in [0.1, 0.15) is 309 Å². The Bertz CT molecular complexity index is 1890. The Morgan fingerprint density at radius 2 is 0.598 bits per heavy atom. The zero-order chi connectivity index (χ0) is 63.0. The number of allylic oxidation sites excluding steroid dienone is 22. The highest BCUT2D eigenvalue weighted by Crippen LogP contribution is 2.43. The van der Waals surface area contributed by atoms with Gasteiger partial charge in [0.2, 0.25) is 0 Å². The minimum Gasteiger partial charge on any atom is -0.462 e. The summed E-state index contributed by atoms with van der Waals surface area (Å²) in [7, 11) is -4.40. The first-order valence-electron chi connectivity index (χ1n) is 35.7. The number of carbonyl (C=O) groups is 2. The number of hydrogen-bond donors (Lipinski definition) is 2. The smallest absolute Gasteiger partial charge is 0.462 e. The third kappa shape index (κ3) is 71.1. The van der Waals surface area contributed by atoms with E-state index < -0.39 is 26.5 Å². The molecule has 10 heteroatoms. The molecule has 498 valence electrons. The second-order valence-corrected chi connectivity index (χ2v) is 24.8. The molecule has 0 aliphatic heterocycles. The van der Waals surface area contributed by atoms with Crippen LogP contribution < -0.4 is 5.73 Å². The summed E-state index contributed by atoms with van der Waals surface area (Å²) in [5.41, 5.74) is 5.40. The molecule has 2 atom stereocenters. The van der Waals surface area contributed by atoms with Crippen molar-refractivity contribution in [3.05, 3.63) is 134 Å². The highest BCUT2D eigenvalue weighted by Gasteiger charge is 2.26. The van der Waals surface area contributed by atoms with Gasteiger partial charge in [-0.25, -0.2) is 4.57 Å². The lowest BCUT2D eigenvalue weighted by molar-refractivity contribution is -0.161. The lowest BCUT2D eigenvalue weighted by Gasteiger charge is -2.19. The molecule has 87 heavy (non-hydrogen) atoms. The van der Waals surface area contributed by atoms with Gasteiger partial charge in [0.05, 0.1) is 13.2 Å². The summed E-state index contributed by atoms with van der Waals surface area (Å²) in [6, 6.07) is 0. The van der Waals surface area contributed by atoms with E-state index in [1.54, 1.807) is 0 Å². The summed E-state index contributed by atoms with van der Waals surface area (Å²) in [6.07, 6.45) is 101. The van der Waals surface area contributed by atoms with E-state index in [0.29, 0.717) is 6.42 Å². The number of esters is 2. The van der Waals surface area contributed by atoms with Gasteiger partial charge in [-0.3, -0.25) is 18.6 Å². The number of nitrogens with two attached hydrogens (primary N) is 1. The van der Waals surface area contributed by atoms with Crippen LogP contribution >= 0.6 is 7.82 Å². The molecule has 0 aromatic carbocycles. The molecule has 0 aliphatic rings. The summed E-state index contributed by atoms with van der Waals surface area (Å²) in [6.45, 7) is 3.53. The first kappa shape index (κ1) is 83.2. The molecular weight excluding hydrogens is 1100 g/mol. The maximum absolute atomic E-state index is 12.8. The van der Waals surface area contributed by atoms with E-state index in [9.17, 15) is 19.0 Å².